The maximum absolute atomic E-state index is 12.0. The van der Waals surface area contributed by atoms with Crippen molar-refractivity contribution < 1.29 is 4.79 Å². The molecule has 0 saturated carbocycles. The molecular weight excluding hydrogens is 214 g/mol. The van der Waals surface area contributed by atoms with Crippen molar-refractivity contribution in [2.24, 2.45) is 11.3 Å². The largest absolute Gasteiger partial charge is 0.350 e. The monoisotopic (exact) mass is 238 g/mol. The molecule has 2 atom stereocenters. The first kappa shape index (κ1) is 12.8. The number of fused-ring (bicyclic) bond motifs is 3. The summed E-state index contributed by atoms with van der Waals surface area (Å²) in [6.45, 7) is 9.18. The summed E-state index contributed by atoms with van der Waals surface area (Å²) < 4.78 is 0. The van der Waals surface area contributed by atoms with E-state index in [1.165, 1.54) is 25.9 Å². The van der Waals surface area contributed by atoms with E-state index in [2.05, 4.69) is 10.2 Å². The van der Waals surface area contributed by atoms with Crippen LogP contribution in [0.15, 0.2) is 0 Å². The first-order valence-electron chi connectivity index (χ1n) is 6.62. The summed E-state index contributed by atoms with van der Waals surface area (Å²) in [4.78, 5) is 14.4. The second kappa shape index (κ2) is 4.58. The van der Waals surface area contributed by atoms with Gasteiger partial charge in [0.25, 0.3) is 0 Å². The molecule has 0 aliphatic carbocycles. The van der Waals surface area contributed by atoms with Crippen LogP contribution in [0.25, 0.3) is 0 Å². The van der Waals surface area contributed by atoms with Gasteiger partial charge in [-0.15, -0.1) is 0 Å². The standard InChI is InChI=1S/C13H24N3O/c1-13(2,3)11(14)12(17)15-10-8-16-6-4-9(10)5-7-16/h9-11,14H,4-8H2,1-3H3,(H,15,17). The van der Waals surface area contributed by atoms with Gasteiger partial charge < -0.3 is 10.2 Å². The van der Waals surface area contributed by atoms with Crippen LogP contribution >= 0.6 is 0 Å². The Balaban J connectivity index is 1.91. The molecule has 2 bridgehead atoms. The highest BCUT2D eigenvalue weighted by Gasteiger charge is 2.37. The summed E-state index contributed by atoms with van der Waals surface area (Å²) in [6.07, 6.45) is 2.40. The summed E-state index contributed by atoms with van der Waals surface area (Å²) in [6, 6.07) is -0.391. The van der Waals surface area contributed by atoms with Crippen molar-refractivity contribution >= 4 is 5.91 Å². The summed E-state index contributed by atoms with van der Waals surface area (Å²) >= 11 is 0. The molecular formula is C13H24N3O. The molecule has 3 fully saturated rings. The lowest BCUT2D eigenvalue weighted by atomic mass is 9.82. The number of hydrogen-bond acceptors (Lipinski definition) is 2. The van der Waals surface area contributed by atoms with Gasteiger partial charge in [0, 0.05) is 12.6 Å². The average Bonchev–Trinajstić information content (AvgIpc) is 2.28. The van der Waals surface area contributed by atoms with Crippen LogP contribution in [0.2, 0.25) is 0 Å². The summed E-state index contributed by atoms with van der Waals surface area (Å²) in [7, 11) is 0. The smallest absolute Gasteiger partial charge is 0.239 e. The Hall–Kier alpha value is -0.610. The van der Waals surface area contributed by atoms with Crippen molar-refractivity contribution in [2.45, 2.75) is 45.7 Å². The summed E-state index contributed by atoms with van der Waals surface area (Å²) in [5.41, 5.74) is 7.68. The molecule has 3 saturated heterocycles. The third-order valence-electron chi connectivity index (χ3n) is 4.11. The minimum atomic E-state index is -0.669. The van der Waals surface area contributed by atoms with E-state index in [0.29, 0.717) is 5.92 Å². The number of carbonyl (C=O) groups is 1. The van der Waals surface area contributed by atoms with Crippen LogP contribution in [-0.2, 0) is 4.79 Å². The molecule has 3 aliphatic rings. The predicted octanol–water partition coefficient (Wildman–Crippen LogP) is 0.894. The molecule has 0 aromatic heterocycles. The Morgan fingerprint density at radius 1 is 1.35 bits per heavy atom. The van der Waals surface area contributed by atoms with E-state index in [0.717, 1.165) is 6.54 Å². The van der Waals surface area contributed by atoms with Gasteiger partial charge in [0.1, 0.15) is 6.04 Å². The fourth-order valence-corrected chi connectivity index (χ4v) is 2.79. The average molecular weight is 238 g/mol. The maximum Gasteiger partial charge on any atom is 0.239 e. The lowest BCUT2D eigenvalue weighted by Crippen LogP contribution is -2.59. The molecule has 0 spiro atoms. The van der Waals surface area contributed by atoms with Gasteiger partial charge in [-0.2, -0.15) is 0 Å². The number of carbonyl (C=O) groups excluding carboxylic acids is 1. The predicted molar refractivity (Wildman–Crippen MR) is 67.4 cm³/mol. The normalized spacial score (nSPS) is 34.5. The molecule has 17 heavy (non-hydrogen) atoms. The zero-order valence-electron chi connectivity index (χ0n) is 11.1. The second-order valence-electron chi connectivity index (χ2n) is 6.55. The molecule has 3 rings (SSSR count). The Morgan fingerprint density at radius 2 is 1.94 bits per heavy atom. The minimum Gasteiger partial charge on any atom is -0.350 e. The molecule has 3 heterocycles. The minimum absolute atomic E-state index is 0.101. The van der Waals surface area contributed by atoms with E-state index in [9.17, 15) is 4.79 Å². The lowest BCUT2D eigenvalue weighted by molar-refractivity contribution is -0.126. The fourth-order valence-electron chi connectivity index (χ4n) is 2.79. The Kier molecular flexibility index (Phi) is 3.46. The maximum atomic E-state index is 12.0. The zero-order valence-corrected chi connectivity index (χ0v) is 11.1. The molecule has 2 unspecified atom stereocenters. The van der Waals surface area contributed by atoms with Crippen molar-refractivity contribution in [1.29, 1.82) is 0 Å². The number of nitrogens with one attached hydrogen (secondary N) is 2. The zero-order chi connectivity index (χ0) is 12.6. The van der Waals surface area contributed by atoms with Gasteiger partial charge in [-0.1, -0.05) is 20.8 Å². The van der Waals surface area contributed by atoms with Gasteiger partial charge in [-0.05, 0) is 37.3 Å². The van der Waals surface area contributed by atoms with Gasteiger partial charge in [-0.3, -0.25) is 4.79 Å². The Bertz CT molecular complexity index is 290. The van der Waals surface area contributed by atoms with Crippen LogP contribution in [-0.4, -0.2) is 42.5 Å². The molecule has 0 aromatic rings. The van der Waals surface area contributed by atoms with Gasteiger partial charge >= 0.3 is 0 Å². The third kappa shape index (κ3) is 2.80. The van der Waals surface area contributed by atoms with Crippen LogP contribution in [0.4, 0.5) is 0 Å². The molecule has 2 N–H and O–H groups in total. The Morgan fingerprint density at radius 3 is 2.35 bits per heavy atom. The molecule has 4 heteroatoms. The molecule has 4 nitrogen and oxygen atoms in total. The van der Waals surface area contributed by atoms with Crippen LogP contribution in [0.3, 0.4) is 0 Å². The highest BCUT2D eigenvalue weighted by Crippen LogP contribution is 2.28. The summed E-state index contributed by atoms with van der Waals surface area (Å²) in [5, 5.41) is 3.09. The van der Waals surface area contributed by atoms with E-state index >= 15 is 0 Å². The number of piperidine rings is 3. The van der Waals surface area contributed by atoms with Crippen molar-refractivity contribution in [1.82, 2.24) is 16.0 Å². The van der Waals surface area contributed by atoms with E-state index in [1.54, 1.807) is 0 Å². The first-order chi connectivity index (χ1) is 7.88. The van der Waals surface area contributed by atoms with Crippen LogP contribution < -0.4 is 11.1 Å². The van der Waals surface area contributed by atoms with Gasteiger partial charge in [-0.25, -0.2) is 5.73 Å². The van der Waals surface area contributed by atoms with Crippen LogP contribution in [0.1, 0.15) is 33.6 Å². The highest BCUT2D eigenvalue weighted by molar-refractivity contribution is 5.82. The number of rotatable bonds is 2. The number of amides is 1. The van der Waals surface area contributed by atoms with Crippen molar-refractivity contribution in [2.75, 3.05) is 19.6 Å². The lowest BCUT2D eigenvalue weighted by Gasteiger charge is -2.45. The molecule has 1 radical (unpaired) electrons. The molecule has 97 valence electrons. The van der Waals surface area contributed by atoms with Gasteiger partial charge in [0.15, 0.2) is 0 Å². The topological polar surface area (TPSA) is 56.1 Å². The van der Waals surface area contributed by atoms with Gasteiger partial charge in [0.05, 0.1) is 0 Å². The van der Waals surface area contributed by atoms with E-state index in [1.807, 2.05) is 20.8 Å². The first-order valence-corrected chi connectivity index (χ1v) is 6.62. The van der Waals surface area contributed by atoms with Crippen molar-refractivity contribution in [3.63, 3.8) is 0 Å². The van der Waals surface area contributed by atoms with E-state index in [4.69, 9.17) is 5.73 Å². The van der Waals surface area contributed by atoms with Crippen molar-refractivity contribution in [3.05, 3.63) is 0 Å². The van der Waals surface area contributed by atoms with Gasteiger partial charge in [0.2, 0.25) is 5.91 Å². The number of nitrogens with zero attached hydrogens (tertiary/aromatic N) is 1. The molecule has 0 aromatic carbocycles. The molecule has 3 aliphatic heterocycles. The van der Waals surface area contributed by atoms with Crippen LogP contribution in [0, 0.1) is 11.3 Å². The third-order valence-corrected chi connectivity index (χ3v) is 4.11. The van der Waals surface area contributed by atoms with Crippen molar-refractivity contribution in [3.8, 4) is 0 Å². The highest BCUT2D eigenvalue weighted by atomic mass is 16.2. The fraction of sp³-hybridized carbons (Fsp3) is 0.923. The number of hydrogen-bond donors (Lipinski definition) is 1. The van der Waals surface area contributed by atoms with Crippen LogP contribution in [0.5, 0.6) is 0 Å². The quantitative estimate of drug-likeness (QED) is 0.777. The second-order valence-corrected chi connectivity index (χ2v) is 6.55. The Labute approximate surface area is 104 Å². The van der Waals surface area contributed by atoms with E-state index < -0.39 is 6.04 Å². The van der Waals surface area contributed by atoms with E-state index in [-0.39, 0.29) is 17.4 Å². The summed E-state index contributed by atoms with van der Waals surface area (Å²) in [5.74, 6) is 0.535. The molecule has 1 amide bonds. The SMILES string of the molecule is CC(C)(C)C([NH])C(=O)NC1CN2CCC1CC2.